The Morgan fingerprint density at radius 2 is 1.61 bits per heavy atom. The number of urea groups is 1. The monoisotopic (exact) mass is 726 g/mol. The van der Waals surface area contributed by atoms with Crippen LogP contribution < -0.4 is 64.5 Å². The minimum atomic E-state index is -1.38. The third-order valence-electron chi connectivity index (χ3n) is 7.49. The molecular formula is C31H39ClN12O7. The number of nitrogens with two attached hydrogens (primary N) is 3. The summed E-state index contributed by atoms with van der Waals surface area (Å²) in [6.45, 7) is 0.818. The third-order valence-corrected chi connectivity index (χ3v) is 7.74. The lowest BCUT2D eigenvalue weighted by molar-refractivity contribution is -0.132. The summed E-state index contributed by atoms with van der Waals surface area (Å²) < 4.78 is 5.75. The van der Waals surface area contributed by atoms with Crippen molar-refractivity contribution in [3.8, 4) is 11.5 Å². The Hall–Kier alpha value is -5.92. The zero-order valence-electron chi connectivity index (χ0n) is 27.3. The van der Waals surface area contributed by atoms with Gasteiger partial charge in [0.25, 0.3) is 5.91 Å². The summed E-state index contributed by atoms with van der Waals surface area (Å²) >= 11 is 5.91. The molecule has 2 aromatic carbocycles. The first-order valence-corrected chi connectivity index (χ1v) is 16.0. The molecule has 1 fully saturated rings. The number of carbonyl (C=O) groups is 6. The maximum atomic E-state index is 13.7. The molecule has 51 heavy (non-hydrogen) atoms. The van der Waals surface area contributed by atoms with Crippen LogP contribution in [0.4, 0.5) is 10.5 Å². The fraction of sp³-hybridized carbons (Fsp3) is 0.323. The van der Waals surface area contributed by atoms with Crippen molar-refractivity contribution < 1.29 is 33.5 Å². The summed E-state index contributed by atoms with van der Waals surface area (Å²) in [4.78, 5) is 82.6. The van der Waals surface area contributed by atoms with Gasteiger partial charge in [-0.05, 0) is 61.9 Å². The molecule has 19 nitrogen and oxygen atoms in total. The molecule has 14 N–H and O–H groups in total. The first-order valence-electron chi connectivity index (χ1n) is 15.7. The summed E-state index contributed by atoms with van der Waals surface area (Å²) in [5.41, 5.74) is 17.4. The molecule has 4 rings (SSSR count). The van der Waals surface area contributed by atoms with E-state index in [2.05, 4.69) is 47.5 Å². The molecule has 0 radical (unpaired) electrons. The van der Waals surface area contributed by atoms with Gasteiger partial charge in [-0.3, -0.25) is 29.0 Å². The second-order valence-electron chi connectivity index (χ2n) is 11.4. The van der Waals surface area contributed by atoms with Crippen molar-refractivity contribution in [1.29, 1.82) is 0 Å². The highest BCUT2D eigenvalue weighted by atomic mass is 35.5. The smallest absolute Gasteiger partial charge is 0.323 e. The number of amides is 7. The Kier molecular flexibility index (Phi) is 13.1. The van der Waals surface area contributed by atoms with Gasteiger partial charge in [-0.15, -0.1) is 0 Å². The molecule has 1 saturated heterocycles. The first kappa shape index (κ1) is 37.9. The van der Waals surface area contributed by atoms with Gasteiger partial charge in [0.1, 0.15) is 41.4 Å². The molecule has 2 heterocycles. The van der Waals surface area contributed by atoms with E-state index in [0.29, 0.717) is 22.2 Å². The molecule has 2 aliphatic rings. The number of hydrogen-bond donors (Lipinski definition) is 11. The molecule has 2 aromatic rings. The molecule has 1 unspecified atom stereocenters. The fourth-order valence-electron chi connectivity index (χ4n) is 4.71. The summed E-state index contributed by atoms with van der Waals surface area (Å²) in [6, 6.07) is 6.38. The van der Waals surface area contributed by atoms with E-state index in [1.807, 2.05) is 0 Å². The molecule has 2 aliphatic heterocycles. The highest BCUT2D eigenvalue weighted by molar-refractivity contribution is 6.30. The zero-order valence-corrected chi connectivity index (χ0v) is 28.1. The predicted molar refractivity (Wildman–Crippen MR) is 186 cm³/mol. The number of rotatable bonds is 6. The lowest BCUT2D eigenvalue weighted by Gasteiger charge is -2.31. The normalized spacial score (nSPS) is 24.4. The Balaban J connectivity index is 1.55. The van der Waals surface area contributed by atoms with Crippen molar-refractivity contribution in [2.75, 3.05) is 25.0 Å². The van der Waals surface area contributed by atoms with E-state index >= 15 is 0 Å². The van der Waals surface area contributed by atoms with Gasteiger partial charge >= 0.3 is 6.03 Å². The summed E-state index contributed by atoms with van der Waals surface area (Å²) in [5.74, 6) is -3.19. The number of halogens is 1. The van der Waals surface area contributed by atoms with Crippen LogP contribution in [0.5, 0.6) is 11.5 Å². The van der Waals surface area contributed by atoms with Crippen LogP contribution in [0.3, 0.4) is 0 Å². The van der Waals surface area contributed by atoms with Gasteiger partial charge in [0.15, 0.2) is 5.96 Å². The Morgan fingerprint density at radius 1 is 0.941 bits per heavy atom. The van der Waals surface area contributed by atoms with Crippen LogP contribution in [0, 0.1) is 0 Å². The van der Waals surface area contributed by atoms with Crippen LogP contribution in [0.2, 0.25) is 5.02 Å². The van der Waals surface area contributed by atoms with E-state index in [0.717, 1.165) is 6.20 Å². The highest BCUT2D eigenvalue weighted by Gasteiger charge is 2.34. The Labute approximate surface area is 296 Å². The average molecular weight is 727 g/mol. The highest BCUT2D eigenvalue weighted by Crippen LogP contribution is 2.24. The van der Waals surface area contributed by atoms with Crippen molar-refractivity contribution in [3.63, 3.8) is 0 Å². The predicted octanol–water partition coefficient (Wildman–Crippen LogP) is -2.22. The van der Waals surface area contributed by atoms with Crippen LogP contribution >= 0.6 is 11.6 Å². The van der Waals surface area contributed by atoms with Crippen LogP contribution in [0.15, 0.2) is 65.4 Å². The number of aliphatic imine (C=N–C) groups is 1. The Morgan fingerprint density at radius 3 is 2.25 bits per heavy atom. The van der Waals surface area contributed by atoms with Crippen LogP contribution in [0.25, 0.3) is 0 Å². The average Bonchev–Trinajstić information content (AvgIpc) is 3.11. The maximum Gasteiger partial charge on any atom is 0.323 e. The van der Waals surface area contributed by atoms with Crippen molar-refractivity contribution >= 4 is 58.8 Å². The number of guanidine groups is 1. The van der Waals surface area contributed by atoms with Crippen LogP contribution in [0.1, 0.15) is 13.3 Å². The molecule has 0 aliphatic carbocycles. The molecule has 0 aromatic heterocycles. The van der Waals surface area contributed by atoms with E-state index in [4.69, 9.17) is 33.5 Å². The standard InChI is InChI=1S/C31H39ClN12O7/c1-15-25(45)41-22(12-33)27(47)42-23(14-38-31(50)40-17-4-8-19(9-5-17)51-18-6-2-16(32)3-7-18)28(48)44-24(21-10-11-36-30(35)43-21)29(49)37-13-20(34)26(46)39-15/h2-9,14-15,20-22,24H,10-13,33-34H2,1H3,(H,37,49)(H,39,46)(H,41,45)(H,42,47)(H,44,48)(H3,35,36,43)(H2,38,40,50)/t15-,20-,21?,22-,24-/m0/s1. The molecule has 272 valence electrons. The number of nitrogens with one attached hydrogen (secondary N) is 8. The number of benzene rings is 2. The molecule has 0 spiro atoms. The van der Waals surface area contributed by atoms with Gasteiger partial charge in [0.05, 0.1) is 6.04 Å². The lowest BCUT2D eigenvalue weighted by atomic mass is 10.0. The van der Waals surface area contributed by atoms with E-state index in [1.165, 1.54) is 6.92 Å². The molecule has 0 saturated carbocycles. The van der Waals surface area contributed by atoms with E-state index in [1.54, 1.807) is 48.5 Å². The van der Waals surface area contributed by atoms with Gasteiger partial charge in [-0.2, -0.15) is 0 Å². The van der Waals surface area contributed by atoms with Crippen molar-refractivity contribution in [1.82, 2.24) is 37.2 Å². The summed E-state index contributed by atoms with van der Waals surface area (Å²) in [5, 5.41) is 20.5. The first-order chi connectivity index (χ1) is 24.3. The van der Waals surface area contributed by atoms with Crippen molar-refractivity contribution in [2.24, 2.45) is 22.2 Å². The van der Waals surface area contributed by atoms with Crippen LogP contribution in [-0.4, -0.2) is 91.4 Å². The number of carbonyl (C=O) groups excluding carboxylic acids is 6. The zero-order chi connectivity index (χ0) is 37.1. The van der Waals surface area contributed by atoms with Gasteiger partial charge in [0.2, 0.25) is 23.6 Å². The van der Waals surface area contributed by atoms with Gasteiger partial charge in [-0.25, -0.2) is 4.79 Å². The quantitative estimate of drug-likeness (QED) is 0.142. The molecular weight excluding hydrogens is 688 g/mol. The fourth-order valence-corrected chi connectivity index (χ4v) is 4.83. The minimum absolute atomic E-state index is 0.0269. The largest absolute Gasteiger partial charge is 0.457 e. The van der Waals surface area contributed by atoms with Crippen LogP contribution in [-0.2, 0) is 24.0 Å². The van der Waals surface area contributed by atoms with Crippen molar-refractivity contribution in [3.05, 3.63) is 65.5 Å². The molecule has 7 amide bonds. The SMILES string of the molecule is C[C@@H]1NC(=O)[C@@H](N)CNC(=O)[C@H](C2CCN=C(N)N2)NC(=O)C(=CNC(=O)Nc2ccc(Oc3ccc(Cl)cc3)cc2)NC(=O)[C@H](CN)NC1=O. The summed E-state index contributed by atoms with van der Waals surface area (Å²) in [6.07, 6.45) is 1.16. The number of anilines is 1. The van der Waals surface area contributed by atoms with Gasteiger partial charge in [-0.1, -0.05) is 11.6 Å². The topological polar surface area (TPSA) is 298 Å². The molecule has 20 heteroatoms. The van der Waals surface area contributed by atoms with Gasteiger partial charge in [0, 0.05) is 36.5 Å². The van der Waals surface area contributed by atoms with Gasteiger partial charge < -0.3 is 64.5 Å². The second kappa shape index (κ2) is 17.7. The number of hydrogen-bond acceptors (Lipinski definition) is 12. The van der Waals surface area contributed by atoms with E-state index < -0.39 is 78.0 Å². The minimum Gasteiger partial charge on any atom is -0.457 e. The maximum absolute atomic E-state index is 13.7. The Bertz CT molecular complexity index is 1690. The lowest BCUT2D eigenvalue weighted by Crippen LogP contribution is -2.63. The number of nitrogens with zero attached hydrogens (tertiary/aromatic N) is 1. The summed E-state index contributed by atoms with van der Waals surface area (Å²) in [7, 11) is 0. The van der Waals surface area contributed by atoms with E-state index in [-0.39, 0.29) is 25.5 Å². The third kappa shape index (κ3) is 11.0. The molecule has 0 bridgehead atoms. The molecule has 5 atom stereocenters. The number of ether oxygens (including phenoxy) is 1. The second-order valence-corrected chi connectivity index (χ2v) is 11.8. The van der Waals surface area contributed by atoms with E-state index in [9.17, 15) is 28.8 Å². The van der Waals surface area contributed by atoms with Crippen molar-refractivity contribution in [2.45, 2.75) is 43.6 Å².